The highest BCUT2D eigenvalue weighted by Crippen LogP contribution is 2.51. The lowest BCUT2D eigenvalue weighted by Gasteiger charge is -2.54. The first-order valence-electron chi connectivity index (χ1n) is 7.85. The van der Waals surface area contributed by atoms with Crippen LogP contribution in [0.5, 0.6) is 0 Å². The van der Waals surface area contributed by atoms with Crippen LogP contribution < -0.4 is 10.6 Å². The summed E-state index contributed by atoms with van der Waals surface area (Å²) < 4.78 is 11.2. The van der Waals surface area contributed by atoms with E-state index in [1.807, 2.05) is 6.92 Å². The standard InChI is InChI=1S/C15H29N3O2/c1-5-16-14(17-8-10-19-6-2)18-12-11-7-9-20-13(11)15(12,3)4/h11-13H,5-10H2,1-4H3,(H2,16,17,18). The molecule has 0 spiro atoms. The van der Waals surface area contributed by atoms with Gasteiger partial charge in [-0.2, -0.15) is 0 Å². The van der Waals surface area contributed by atoms with E-state index in [2.05, 4.69) is 36.4 Å². The Kier molecular flexibility index (Phi) is 5.27. The minimum Gasteiger partial charge on any atom is -0.380 e. The first-order valence-corrected chi connectivity index (χ1v) is 7.85. The van der Waals surface area contributed by atoms with E-state index in [-0.39, 0.29) is 5.41 Å². The predicted octanol–water partition coefficient (Wildman–Crippen LogP) is 1.39. The molecule has 2 rings (SSSR count). The maximum absolute atomic E-state index is 5.83. The van der Waals surface area contributed by atoms with Crippen molar-refractivity contribution in [2.45, 2.75) is 46.3 Å². The van der Waals surface area contributed by atoms with Gasteiger partial charge in [0.05, 0.1) is 19.3 Å². The van der Waals surface area contributed by atoms with Crippen molar-refractivity contribution in [2.24, 2.45) is 16.3 Å². The number of fused-ring (bicyclic) bond motifs is 1. The Balaban J connectivity index is 1.90. The van der Waals surface area contributed by atoms with Crippen molar-refractivity contribution in [3.05, 3.63) is 0 Å². The molecule has 1 aliphatic carbocycles. The zero-order chi connectivity index (χ0) is 14.6. The first-order chi connectivity index (χ1) is 9.61. The van der Waals surface area contributed by atoms with E-state index in [0.29, 0.717) is 31.2 Å². The van der Waals surface area contributed by atoms with Crippen molar-refractivity contribution in [1.82, 2.24) is 10.6 Å². The summed E-state index contributed by atoms with van der Waals surface area (Å²) in [5, 5.41) is 6.92. The van der Waals surface area contributed by atoms with Gasteiger partial charge in [0.2, 0.25) is 0 Å². The van der Waals surface area contributed by atoms with Gasteiger partial charge in [-0.15, -0.1) is 0 Å². The number of hydrogen-bond donors (Lipinski definition) is 2. The van der Waals surface area contributed by atoms with Gasteiger partial charge in [-0.25, -0.2) is 0 Å². The summed E-state index contributed by atoms with van der Waals surface area (Å²) in [5.41, 5.74) is 0.178. The Labute approximate surface area is 122 Å². The van der Waals surface area contributed by atoms with E-state index < -0.39 is 0 Å². The van der Waals surface area contributed by atoms with Gasteiger partial charge in [0.25, 0.3) is 0 Å². The molecule has 0 aromatic heterocycles. The molecule has 0 bridgehead atoms. The largest absolute Gasteiger partial charge is 0.380 e. The van der Waals surface area contributed by atoms with E-state index in [0.717, 1.165) is 32.1 Å². The van der Waals surface area contributed by atoms with Gasteiger partial charge in [0.15, 0.2) is 5.96 Å². The van der Waals surface area contributed by atoms with E-state index >= 15 is 0 Å². The number of hydrogen-bond acceptors (Lipinski definition) is 3. The van der Waals surface area contributed by atoms with Gasteiger partial charge < -0.3 is 20.1 Å². The average Bonchev–Trinajstić information content (AvgIpc) is 2.87. The molecule has 1 saturated heterocycles. The minimum absolute atomic E-state index is 0.178. The Morgan fingerprint density at radius 1 is 1.40 bits per heavy atom. The summed E-state index contributed by atoms with van der Waals surface area (Å²) in [4.78, 5) is 4.58. The Morgan fingerprint density at radius 2 is 2.20 bits per heavy atom. The van der Waals surface area contributed by atoms with Crippen molar-refractivity contribution in [1.29, 1.82) is 0 Å². The highest BCUT2D eigenvalue weighted by molar-refractivity contribution is 5.80. The highest BCUT2D eigenvalue weighted by atomic mass is 16.5. The SMILES string of the molecule is CCNC(=NCCOCC)NC1C2CCOC2C1(C)C. The maximum atomic E-state index is 5.83. The van der Waals surface area contributed by atoms with Gasteiger partial charge in [-0.05, 0) is 20.3 Å². The Bertz CT molecular complexity index is 344. The molecule has 116 valence electrons. The minimum atomic E-state index is 0.178. The third kappa shape index (κ3) is 3.09. The van der Waals surface area contributed by atoms with E-state index in [4.69, 9.17) is 9.47 Å². The van der Waals surface area contributed by atoms with Crippen LogP contribution in [-0.4, -0.2) is 51.0 Å². The molecule has 20 heavy (non-hydrogen) atoms. The molecule has 2 fully saturated rings. The van der Waals surface area contributed by atoms with Crippen LogP contribution in [0.15, 0.2) is 4.99 Å². The number of nitrogens with zero attached hydrogens (tertiary/aromatic N) is 1. The van der Waals surface area contributed by atoms with Crippen molar-refractivity contribution in [3.63, 3.8) is 0 Å². The molecule has 2 aliphatic rings. The van der Waals surface area contributed by atoms with Crippen LogP contribution in [0, 0.1) is 11.3 Å². The van der Waals surface area contributed by atoms with Crippen LogP contribution in [0.4, 0.5) is 0 Å². The zero-order valence-electron chi connectivity index (χ0n) is 13.2. The summed E-state index contributed by atoms with van der Waals surface area (Å²) in [5.74, 6) is 1.52. The van der Waals surface area contributed by atoms with Crippen LogP contribution in [0.1, 0.15) is 34.1 Å². The van der Waals surface area contributed by atoms with Gasteiger partial charge in [0, 0.05) is 37.1 Å². The molecule has 5 heteroatoms. The van der Waals surface area contributed by atoms with Crippen molar-refractivity contribution in [3.8, 4) is 0 Å². The summed E-state index contributed by atoms with van der Waals surface area (Å²) in [7, 11) is 0. The number of nitrogens with one attached hydrogen (secondary N) is 2. The lowest BCUT2D eigenvalue weighted by Crippen LogP contribution is -2.68. The van der Waals surface area contributed by atoms with Gasteiger partial charge in [0.1, 0.15) is 0 Å². The molecule has 1 aliphatic heterocycles. The zero-order valence-corrected chi connectivity index (χ0v) is 13.2. The first kappa shape index (κ1) is 15.6. The van der Waals surface area contributed by atoms with E-state index in [1.54, 1.807) is 0 Å². The van der Waals surface area contributed by atoms with Crippen LogP contribution in [0.2, 0.25) is 0 Å². The molecule has 0 amide bonds. The smallest absolute Gasteiger partial charge is 0.191 e. The topological polar surface area (TPSA) is 54.9 Å². The molecule has 1 heterocycles. The van der Waals surface area contributed by atoms with Crippen molar-refractivity contribution < 1.29 is 9.47 Å². The molecular weight excluding hydrogens is 254 g/mol. The van der Waals surface area contributed by atoms with E-state index in [1.165, 1.54) is 0 Å². The Morgan fingerprint density at radius 3 is 2.90 bits per heavy atom. The highest BCUT2D eigenvalue weighted by Gasteiger charge is 2.59. The van der Waals surface area contributed by atoms with Crippen LogP contribution in [-0.2, 0) is 9.47 Å². The number of aliphatic imine (C=N–C) groups is 1. The van der Waals surface area contributed by atoms with Crippen molar-refractivity contribution in [2.75, 3.05) is 32.9 Å². The third-order valence-electron chi connectivity index (χ3n) is 4.45. The summed E-state index contributed by atoms with van der Waals surface area (Å²) in [6.45, 7) is 12.5. The number of rotatable bonds is 6. The fourth-order valence-electron chi connectivity index (χ4n) is 3.45. The molecule has 3 unspecified atom stereocenters. The average molecular weight is 283 g/mol. The fraction of sp³-hybridized carbons (Fsp3) is 0.933. The van der Waals surface area contributed by atoms with Gasteiger partial charge in [-0.3, -0.25) is 4.99 Å². The molecular formula is C15H29N3O2. The van der Waals surface area contributed by atoms with Gasteiger partial charge in [-0.1, -0.05) is 13.8 Å². The fourth-order valence-corrected chi connectivity index (χ4v) is 3.45. The van der Waals surface area contributed by atoms with Crippen LogP contribution in [0.3, 0.4) is 0 Å². The van der Waals surface area contributed by atoms with Crippen LogP contribution in [0.25, 0.3) is 0 Å². The second kappa shape index (κ2) is 6.76. The van der Waals surface area contributed by atoms with E-state index in [9.17, 15) is 0 Å². The van der Waals surface area contributed by atoms with Gasteiger partial charge >= 0.3 is 0 Å². The lowest BCUT2D eigenvalue weighted by atomic mass is 9.57. The third-order valence-corrected chi connectivity index (χ3v) is 4.45. The quantitative estimate of drug-likeness (QED) is 0.439. The predicted molar refractivity (Wildman–Crippen MR) is 81.0 cm³/mol. The molecule has 5 nitrogen and oxygen atoms in total. The van der Waals surface area contributed by atoms with Crippen molar-refractivity contribution >= 4 is 5.96 Å². The maximum Gasteiger partial charge on any atom is 0.191 e. The second-order valence-electron chi connectivity index (χ2n) is 6.14. The molecule has 0 aromatic rings. The second-order valence-corrected chi connectivity index (χ2v) is 6.14. The molecule has 2 N–H and O–H groups in total. The summed E-state index contributed by atoms with van der Waals surface area (Å²) >= 11 is 0. The molecule has 0 aromatic carbocycles. The van der Waals surface area contributed by atoms with Crippen LogP contribution >= 0.6 is 0 Å². The normalized spacial score (nSPS) is 31.6. The molecule has 0 radical (unpaired) electrons. The molecule has 1 saturated carbocycles. The Hall–Kier alpha value is -0.810. The number of ether oxygens (including phenoxy) is 2. The summed E-state index contributed by atoms with van der Waals surface area (Å²) in [6.07, 6.45) is 1.57. The molecule has 3 atom stereocenters. The lowest BCUT2D eigenvalue weighted by molar-refractivity contribution is -0.106. The summed E-state index contributed by atoms with van der Waals surface area (Å²) in [6, 6.07) is 0.444. The monoisotopic (exact) mass is 283 g/mol. The number of guanidine groups is 1.